The Morgan fingerprint density at radius 1 is 0.920 bits per heavy atom. The first-order valence-corrected chi connectivity index (χ1v) is 8.48. The maximum absolute atomic E-state index is 11.9. The first-order valence-electron chi connectivity index (χ1n) is 8.10. The topological polar surface area (TPSA) is 42.2 Å². The molecule has 25 heavy (non-hydrogen) atoms. The summed E-state index contributed by atoms with van der Waals surface area (Å²) in [6.45, 7) is 1.25. The smallest absolute Gasteiger partial charge is 0.336 e. The molecule has 4 heteroatoms. The van der Waals surface area contributed by atoms with Crippen LogP contribution < -0.4 is 10.9 Å². The van der Waals surface area contributed by atoms with Gasteiger partial charge in [0.15, 0.2) is 0 Å². The van der Waals surface area contributed by atoms with Gasteiger partial charge in [-0.05, 0) is 40.1 Å². The van der Waals surface area contributed by atoms with Crippen molar-refractivity contribution in [2.45, 2.75) is 13.1 Å². The van der Waals surface area contributed by atoms with Crippen molar-refractivity contribution >= 4 is 33.3 Å². The number of benzene rings is 3. The molecule has 4 rings (SSSR count). The van der Waals surface area contributed by atoms with Crippen LogP contribution in [0.25, 0.3) is 21.7 Å². The van der Waals surface area contributed by atoms with Crippen molar-refractivity contribution in [1.29, 1.82) is 0 Å². The highest BCUT2D eigenvalue weighted by molar-refractivity contribution is 6.30. The van der Waals surface area contributed by atoms with Gasteiger partial charge in [-0.25, -0.2) is 4.79 Å². The quantitative estimate of drug-likeness (QED) is 0.421. The Morgan fingerprint density at radius 2 is 1.80 bits per heavy atom. The van der Waals surface area contributed by atoms with Gasteiger partial charge >= 0.3 is 5.63 Å². The zero-order chi connectivity index (χ0) is 17.2. The van der Waals surface area contributed by atoms with Crippen molar-refractivity contribution in [2.24, 2.45) is 0 Å². The highest BCUT2D eigenvalue weighted by Crippen LogP contribution is 2.27. The normalized spacial score (nSPS) is 11.2. The summed E-state index contributed by atoms with van der Waals surface area (Å²) in [5.74, 6) is 0. The number of hydrogen-bond donors (Lipinski definition) is 1. The van der Waals surface area contributed by atoms with E-state index in [4.69, 9.17) is 16.0 Å². The molecule has 0 bridgehead atoms. The summed E-state index contributed by atoms with van der Waals surface area (Å²) in [5.41, 5.74) is 2.32. The van der Waals surface area contributed by atoms with Gasteiger partial charge in [-0.15, -0.1) is 0 Å². The molecule has 0 fully saturated rings. The summed E-state index contributed by atoms with van der Waals surface area (Å²) in [6.07, 6.45) is 0. The van der Waals surface area contributed by atoms with Gasteiger partial charge in [0.05, 0.1) is 0 Å². The molecule has 1 N–H and O–H groups in total. The maximum Gasteiger partial charge on any atom is 0.336 e. The first-order chi connectivity index (χ1) is 12.2. The molecular weight excluding hydrogens is 334 g/mol. The highest BCUT2D eigenvalue weighted by Gasteiger charge is 2.09. The van der Waals surface area contributed by atoms with Crippen LogP contribution in [0.4, 0.5) is 0 Å². The van der Waals surface area contributed by atoms with Crippen molar-refractivity contribution in [3.05, 3.63) is 93.3 Å². The minimum Gasteiger partial charge on any atom is -0.423 e. The van der Waals surface area contributed by atoms with E-state index in [2.05, 4.69) is 17.4 Å². The average molecular weight is 350 g/mol. The lowest BCUT2D eigenvalue weighted by atomic mass is 10.0. The van der Waals surface area contributed by atoms with Crippen LogP contribution in [0.2, 0.25) is 5.02 Å². The fraction of sp³-hybridized carbons (Fsp3) is 0.0952. The van der Waals surface area contributed by atoms with Crippen LogP contribution >= 0.6 is 11.6 Å². The molecule has 0 aliphatic heterocycles. The summed E-state index contributed by atoms with van der Waals surface area (Å²) in [7, 11) is 0. The number of rotatable bonds is 4. The van der Waals surface area contributed by atoms with Gasteiger partial charge in [0.25, 0.3) is 0 Å². The van der Waals surface area contributed by atoms with E-state index in [1.54, 1.807) is 6.07 Å². The average Bonchev–Trinajstić information content (AvgIpc) is 2.61. The van der Waals surface area contributed by atoms with Crippen molar-refractivity contribution in [3.63, 3.8) is 0 Å². The minimum absolute atomic E-state index is 0.331. The molecule has 4 aromatic rings. The summed E-state index contributed by atoms with van der Waals surface area (Å²) in [6, 6.07) is 21.3. The Bertz CT molecular complexity index is 1120. The third-order valence-electron chi connectivity index (χ3n) is 4.25. The minimum atomic E-state index is -0.331. The molecule has 0 unspecified atom stereocenters. The van der Waals surface area contributed by atoms with Gasteiger partial charge < -0.3 is 9.73 Å². The molecule has 0 aliphatic rings. The molecule has 3 aromatic carbocycles. The lowest BCUT2D eigenvalue weighted by molar-refractivity contribution is 0.557. The second kappa shape index (κ2) is 6.71. The van der Waals surface area contributed by atoms with E-state index in [0.717, 1.165) is 32.3 Å². The molecule has 0 aliphatic carbocycles. The molecule has 1 heterocycles. The monoisotopic (exact) mass is 349 g/mol. The lowest BCUT2D eigenvalue weighted by Gasteiger charge is -2.10. The standard InChI is InChI=1S/C21H16ClNO2/c22-17-6-3-4-14(10-17)12-23-13-16-11-20(24)25-19-9-8-15-5-1-2-7-18(15)21(16)19/h1-11,23H,12-13H2. The Hall–Kier alpha value is -2.62. The largest absolute Gasteiger partial charge is 0.423 e. The number of nitrogens with one attached hydrogen (secondary N) is 1. The van der Waals surface area contributed by atoms with E-state index in [-0.39, 0.29) is 5.63 Å². The van der Waals surface area contributed by atoms with Gasteiger partial charge in [-0.2, -0.15) is 0 Å². The molecule has 1 aromatic heterocycles. The van der Waals surface area contributed by atoms with E-state index < -0.39 is 0 Å². The SMILES string of the molecule is O=c1cc(CNCc2cccc(Cl)c2)c2c(ccc3ccccc32)o1. The van der Waals surface area contributed by atoms with Crippen LogP contribution in [-0.4, -0.2) is 0 Å². The zero-order valence-electron chi connectivity index (χ0n) is 13.5. The van der Waals surface area contributed by atoms with E-state index >= 15 is 0 Å². The fourth-order valence-electron chi connectivity index (χ4n) is 3.15. The van der Waals surface area contributed by atoms with Crippen molar-refractivity contribution in [1.82, 2.24) is 5.32 Å². The van der Waals surface area contributed by atoms with E-state index in [1.165, 1.54) is 0 Å². The van der Waals surface area contributed by atoms with Crippen molar-refractivity contribution in [3.8, 4) is 0 Å². The summed E-state index contributed by atoms with van der Waals surface area (Å²) < 4.78 is 5.39. The van der Waals surface area contributed by atoms with Crippen LogP contribution in [0.15, 0.2) is 75.9 Å². The lowest BCUT2D eigenvalue weighted by Crippen LogP contribution is -2.14. The predicted octanol–water partition coefficient (Wildman–Crippen LogP) is 4.89. The highest BCUT2D eigenvalue weighted by atomic mass is 35.5. The summed E-state index contributed by atoms with van der Waals surface area (Å²) >= 11 is 6.02. The molecular formula is C21H16ClNO2. The zero-order valence-corrected chi connectivity index (χ0v) is 14.2. The van der Waals surface area contributed by atoms with Crippen molar-refractivity contribution < 1.29 is 4.42 Å². The van der Waals surface area contributed by atoms with Crippen LogP contribution in [0.5, 0.6) is 0 Å². The fourth-order valence-corrected chi connectivity index (χ4v) is 3.36. The molecule has 0 atom stereocenters. The van der Waals surface area contributed by atoms with Crippen LogP contribution in [0, 0.1) is 0 Å². The number of hydrogen-bond acceptors (Lipinski definition) is 3. The number of fused-ring (bicyclic) bond motifs is 3. The molecule has 0 spiro atoms. The Morgan fingerprint density at radius 3 is 2.68 bits per heavy atom. The third-order valence-corrected chi connectivity index (χ3v) is 4.48. The number of halogens is 1. The summed E-state index contributed by atoms with van der Waals surface area (Å²) in [5, 5.41) is 7.30. The molecule has 124 valence electrons. The van der Waals surface area contributed by atoms with E-state index in [9.17, 15) is 4.79 Å². The Kier molecular flexibility index (Phi) is 4.26. The molecule has 0 saturated heterocycles. The van der Waals surface area contributed by atoms with Crippen LogP contribution in [0.3, 0.4) is 0 Å². The van der Waals surface area contributed by atoms with Crippen LogP contribution in [-0.2, 0) is 13.1 Å². The molecule has 0 amide bonds. The van der Waals surface area contributed by atoms with E-state index in [1.807, 2.05) is 48.5 Å². The van der Waals surface area contributed by atoms with Crippen LogP contribution in [0.1, 0.15) is 11.1 Å². The molecule has 0 saturated carbocycles. The van der Waals surface area contributed by atoms with Gasteiger partial charge in [-0.3, -0.25) is 0 Å². The van der Waals surface area contributed by atoms with Gasteiger partial charge in [0.2, 0.25) is 0 Å². The van der Waals surface area contributed by atoms with Gasteiger partial charge in [0, 0.05) is 29.6 Å². The Balaban J connectivity index is 1.70. The molecule has 0 radical (unpaired) electrons. The van der Waals surface area contributed by atoms with E-state index in [0.29, 0.717) is 18.7 Å². The molecule has 3 nitrogen and oxygen atoms in total. The third kappa shape index (κ3) is 3.29. The first kappa shape index (κ1) is 15.9. The predicted molar refractivity (Wildman–Crippen MR) is 102 cm³/mol. The second-order valence-corrected chi connectivity index (χ2v) is 6.42. The second-order valence-electron chi connectivity index (χ2n) is 5.98. The summed E-state index contributed by atoms with van der Waals surface area (Å²) in [4.78, 5) is 11.9. The van der Waals surface area contributed by atoms with Gasteiger partial charge in [-0.1, -0.05) is 54.1 Å². The Labute approximate surface area is 149 Å². The van der Waals surface area contributed by atoms with Gasteiger partial charge in [0.1, 0.15) is 5.58 Å². The maximum atomic E-state index is 11.9. The van der Waals surface area contributed by atoms with Crippen molar-refractivity contribution in [2.75, 3.05) is 0 Å².